The molecule has 1 unspecified atom stereocenters. The van der Waals surface area contributed by atoms with Gasteiger partial charge in [-0.1, -0.05) is 5.11 Å². The Bertz CT molecular complexity index is 986. The quantitative estimate of drug-likeness (QED) is 0.341. The average molecular weight is 388 g/mol. The second kappa shape index (κ2) is 8.15. The number of carbonyl (C=O) groups excluding carboxylic acids is 1. The highest BCUT2D eigenvalue weighted by Gasteiger charge is 2.37. The molecule has 0 aromatic carbocycles. The Morgan fingerprint density at radius 1 is 1.50 bits per heavy atom. The molecule has 1 aromatic heterocycles. The monoisotopic (exact) mass is 388 g/mol. The highest BCUT2D eigenvalue weighted by atomic mass is 16.6. The molecule has 0 bridgehead atoms. The van der Waals surface area contributed by atoms with Crippen molar-refractivity contribution in [2.45, 2.75) is 31.7 Å². The molecule has 11 heteroatoms. The largest absolute Gasteiger partial charge is 0.460 e. The summed E-state index contributed by atoms with van der Waals surface area (Å²) in [5.41, 5.74) is 8.54. The molecule has 0 saturated carbocycles. The Morgan fingerprint density at radius 2 is 2.29 bits per heavy atom. The van der Waals surface area contributed by atoms with Gasteiger partial charge in [0.25, 0.3) is 5.56 Å². The fraction of sp³-hybridized carbons (Fsp3) is 0.471. The standard InChI is InChI=1S/C17H20N6O5/c1-10-7-23(17(26)19-15(10)24)14-6-12(20-21-18)13(28-14)9-27-16(25)11-4-3-5-22(2)8-11/h3-5,7,12-14H,6,8-9H2,1-2H3,(H,19,24,26)/t12?,13-,14-/m1/s1. The number of likely N-dealkylation sites (N-methyl/N-ethyl adjacent to an activating group) is 1. The number of ether oxygens (including phenoxy) is 2. The van der Waals surface area contributed by atoms with E-state index in [-0.39, 0.29) is 13.0 Å². The summed E-state index contributed by atoms with van der Waals surface area (Å²) in [5.74, 6) is -0.486. The zero-order valence-electron chi connectivity index (χ0n) is 15.4. The van der Waals surface area contributed by atoms with Crippen molar-refractivity contribution < 1.29 is 14.3 Å². The molecule has 3 heterocycles. The predicted octanol–water partition coefficient (Wildman–Crippen LogP) is 0.740. The van der Waals surface area contributed by atoms with Crippen LogP contribution >= 0.6 is 0 Å². The third kappa shape index (κ3) is 4.16. The van der Waals surface area contributed by atoms with Crippen LogP contribution in [0.2, 0.25) is 0 Å². The zero-order chi connectivity index (χ0) is 20.3. The van der Waals surface area contributed by atoms with Crippen LogP contribution in [0.3, 0.4) is 0 Å². The maximum Gasteiger partial charge on any atom is 0.335 e. The normalized spacial score (nSPS) is 23.9. The highest BCUT2D eigenvalue weighted by Crippen LogP contribution is 2.30. The summed E-state index contributed by atoms with van der Waals surface area (Å²) in [7, 11) is 1.84. The minimum absolute atomic E-state index is 0.124. The topological polar surface area (TPSA) is 142 Å². The molecule has 28 heavy (non-hydrogen) atoms. The lowest BCUT2D eigenvalue weighted by Crippen LogP contribution is -2.33. The first-order valence-electron chi connectivity index (χ1n) is 8.65. The molecule has 1 saturated heterocycles. The van der Waals surface area contributed by atoms with Crippen LogP contribution in [0.1, 0.15) is 18.2 Å². The van der Waals surface area contributed by atoms with E-state index in [1.54, 1.807) is 19.1 Å². The van der Waals surface area contributed by atoms with E-state index in [0.717, 1.165) is 0 Å². The van der Waals surface area contributed by atoms with Gasteiger partial charge < -0.3 is 14.4 Å². The average Bonchev–Trinajstić information content (AvgIpc) is 3.05. The number of azide groups is 1. The van der Waals surface area contributed by atoms with E-state index in [0.29, 0.717) is 17.7 Å². The van der Waals surface area contributed by atoms with Crippen LogP contribution in [0.5, 0.6) is 0 Å². The second-order valence-corrected chi connectivity index (χ2v) is 6.66. The van der Waals surface area contributed by atoms with Crippen LogP contribution in [0, 0.1) is 6.92 Å². The molecule has 0 amide bonds. The number of aromatic amines is 1. The number of aryl methyl sites for hydroxylation is 1. The molecule has 148 valence electrons. The van der Waals surface area contributed by atoms with Gasteiger partial charge in [-0.3, -0.25) is 14.3 Å². The lowest BCUT2D eigenvalue weighted by molar-refractivity contribution is -0.144. The van der Waals surface area contributed by atoms with Crippen LogP contribution < -0.4 is 11.2 Å². The molecule has 1 N–H and O–H groups in total. The Morgan fingerprint density at radius 3 is 3.00 bits per heavy atom. The van der Waals surface area contributed by atoms with Crippen molar-refractivity contribution in [1.82, 2.24) is 14.5 Å². The van der Waals surface area contributed by atoms with E-state index >= 15 is 0 Å². The van der Waals surface area contributed by atoms with E-state index in [9.17, 15) is 14.4 Å². The van der Waals surface area contributed by atoms with Gasteiger partial charge >= 0.3 is 11.7 Å². The minimum atomic E-state index is -0.745. The van der Waals surface area contributed by atoms with Crippen molar-refractivity contribution in [1.29, 1.82) is 0 Å². The summed E-state index contributed by atoms with van der Waals surface area (Å²) in [6.07, 6.45) is 5.41. The lowest BCUT2D eigenvalue weighted by atomic mass is 10.1. The first-order chi connectivity index (χ1) is 13.4. The zero-order valence-corrected chi connectivity index (χ0v) is 15.4. The Balaban J connectivity index is 1.71. The summed E-state index contributed by atoms with van der Waals surface area (Å²) in [6, 6.07) is -0.621. The van der Waals surface area contributed by atoms with Crippen molar-refractivity contribution >= 4 is 5.97 Å². The second-order valence-electron chi connectivity index (χ2n) is 6.66. The summed E-state index contributed by atoms with van der Waals surface area (Å²) < 4.78 is 12.4. The first-order valence-corrected chi connectivity index (χ1v) is 8.65. The molecule has 1 fully saturated rings. The molecule has 0 aliphatic carbocycles. The number of rotatable bonds is 5. The van der Waals surface area contributed by atoms with Crippen LogP contribution in [-0.2, 0) is 14.3 Å². The molecule has 2 aliphatic heterocycles. The van der Waals surface area contributed by atoms with Crippen molar-refractivity contribution in [2.75, 3.05) is 20.2 Å². The van der Waals surface area contributed by atoms with Gasteiger partial charge in [-0.15, -0.1) is 0 Å². The lowest BCUT2D eigenvalue weighted by Gasteiger charge is -2.20. The number of nitrogens with zero attached hydrogens (tertiary/aromatic N) is 5. The molecule has 11 nitrogen and oxygen atoms in total. The van der Waals surface area contributed by atoms with Crippen molar-refractivity contribution in [3.63, 3.8) is 0 Å². The number of H-pyrrole nitrogens is 1. The van der Waals surface area contributed by atoms with Gasteiger partial charge in [-0.2, -0.15) is 0 Å². The fourth-order valence-electron chi connectivity index (χ4n) is 3.09. The van der Waals surface area contributed by atoms with Crippen molar-refractivity contribution in [3.05, 3.63) is 67.0 Å². The number of hydrogen-bond acceptors (Lipinski definition) is 7. The maximum atomic E-state index is 12.2. The van der Waals surface area contributed by atoms with Crippen LogP contribution in [0.4, 0.5) is 0 Å². The van der Waals surface area contributed by atoms with E-state index < -0.39 is 35.6 Å². The third-order valence-corrected chi connectivity index (χ3v) is 4.56. The summed E-state index contributed by atoms with van der Waals surface area (Å²) >= 11 is 0. The number of esters is 1. The number of allylic oxidation sites excluding steroid dienone is 2. The fourth-order valence-corrected chi connectivity index (χ4v) is 3.09. The van der Waals surface area contributed by atoms with Gasteiger partial charge in [-0.05, 0) is 30.8 Å². The third-order valence-electron chi connectivity index (χ3n) is 4.56. The minimum Gasteiger partial charge on any atom is -0.460 e. The molecule has 3 atom stereocenters. The number of carbonyl (C=O) groups is 1. The maximum absolute atomic E-state index is 12.2. The van der Waals surface area contributed by atoms with E-state index in [2.05, 4.69) is 15.0 Å². The Hall–Kier alpha value is -3.30. The molecule has 0 radical (unpaired) electrons. The van der Waals surface area contributed by atoms with Gasteiger partial charge in [0, 0.05) is 36.7 Å². The summed E-state index contributed by atoms with van der Waals surface area (Å²) in [4.78, 5) is 42.7. The molecular weight excluding hydrogens is 368 g/mol. The van der Waals surface area contributed by atoms with Gasteiger partial charge in [-0.25, -0.2) is 9.59 Å². The molecule has 1 aromatic rings. The highest BCUT2D eigenvalue weighted by molar-refractivity contribution is 5.89. The number of hydrogen-bond donors (Lipinski definition) is 1. The number of aromatic nitrogens is 2. The molecule has 2 aliphatic rings. The van der Waals surface area contributed by atoms with Gasteiger partial charge in [0.1, 0.15) is 18.9 Å². The van der Waals surface area contributed by atoms with Gasteiger partial charge in [0.05, 0.1) is 11.6 Å². The first kappa shape index (κ1) is 19.5. The predicted molar refractivity (Wildman–Crippen MR) is 98.3 cm³/mol. The van der Waals surface area contributed by atoms with Gasteiger partial charge in [0.15, 0.2) is 0 Å². The molecular formula is C17H20N6O5. The molecule has 3 rings (SSSR count). The smallest absolute Gasteiger partial charge is 0.335 e. The van der Waals surface area contributed by atoms with Gasteiger partial charge in [0.2, 0.25) is 0 Å². The summed E-state index contributed by atoms with van der Waals surface area (Å²) in [5, 5.41) is 3.70. The van der Waals surface area contributed by atoms with E-state index in [4.69, 9.17) is 15.0 Å². The van der Waals surface area contributed by atoms with E-state index in [1.165, 1.54) is 10.8 Å². The van der Waals surface area contributed by atoms with Crippen LogP contribution in [-0.4, -0.2) is 52.8 Å². The number of nitrogens with one attached hydrogen (secondary N) is 1. The Labute approximate surface area is 159 Å². The SMILES string of the molecule is Cc1cn([C@H]2CC(N=[N+]=[N-])[C@@H](COC(=O)C3=CC=CN(C)C3)O2)c(=O)[nH]c1=O. The van der Waals surface area contributed by atoms with Crippen molar-refractivity contribution in [2.24, 2.45) is 5.11 Å². The Kier molecular flexibility index (Phi) is 5.67. The van der Waals surface area contributed by atoms with Crippen LogP contribution in [0.25, 0.3) is 10.4 Å². The molecule has 0 spiro atoms. The van der Waals surface area contributed by atoms with E-state index in [1.807, 2.05) is 18.1 Å². The van der Waals surface area contributed by atoms with Crippen molar-refractivity contribution in [3.8, 4) is 0 Å². The summed E-state index contributed by atoms with van der Waals surface area (Å²) in [6.45, 7) is 1.87. The van der Waals surface area contributed by atoms with Crippen LogP contribution in [0.15, 0.2) is 44.8 Å².